The minimum absolute atomic E-state index is 0.122. The maximum absolute atomic E-state index is 12.4. The molecule has 1 rings (SSSR count). The lowest BCUT2D eigenvalue weighted by Gasteiger charge is -2.25. The van der Waals surface area contributed by atoms with E-state index >= 15 is 0 Å². The van der Waals surface area contributed by atoms with Crippen LogP contribution in [0.5, 0.6) is 0 Å². The quantitative estimate of drug-likeness (QED) is 0.717. The van der Waals surface area contributed by atoms with Crippen LogP contribution in [0.1, 0.15) is 27.2 Å². The van der Waals surface area contributed by atoms with E-state index in [0.29, 0.717) is 0 Å². The number of carbonyl (C=O) groups excluding carboxylic acids is 2. The zero-order chi connectivity index (χ0) is 20.0. The van der Waals surface area contributed by atoms with Gasteiger partial charge in [-0.05, 0) is 39.3 Å². The molecule has 146 valence electrons. The molecule has 0 aromatic heterocycles. The number of hydroxylamine groups is 2. The molecule has 1 aromatic rings. The monoisotopic (exact) mass is 386 g/mol. The average Bonchev–Trinajstić information content (AvgIpc) is 2.56. The summed E-state index contributed by atoms with van der Waals surface area (Å²) in [7, 11) is -0.928. The minimum atomic E-state index is -3.60. The number of hydrogen-bond acceptors (Lipinski definition) is 6. The number of sulfone groups is 1. The highest BCUT2D eigenvalue weighted by atomic mass is 32.2. The Labute approximate surface area is 154 Å². The molecule has 0 aliphatic heterocycles. The third-order valence-corrected chi connectivity index (χ3v) is 5.11. The van der Waals surface area contributed by atoms with Gasteiger partial charge >= 0.3 is 6.09 Å². The van der Waals surface area contributed by atoms with Crippen molar-refractivity contribution in [1.82, 2.24) is 10.4 Å². The van der Waals surface area contributed by atoms with Crippen LogP contribution in [0.4, 0.5) is 4.79 Å². The second kappa shape index (κ2) is 9.00. The van der Waals surface area contributed by atoms with Crippen molar-refractivity contribution in [2.45, 2.75) is 43.7 Å². The third kappa shape index (κ3) is 7.01. The van der Waals surface area contributed by atoms with Crippen molar-refractivity contribution in [1.29, 1.82) is 0 Å². The van der Waals surface area contributed by atoms with Gasteiger partial charge in [0.2, 0.25) is 0 Å². The second-order valence-electron chi connectivity index (χ2n) is 6.64. The molecular formula is C17H26N2O6S. The molecule has 8 nitrogen and oxygen atoms in total. The Morgan fingerprint density at radius 3 is 2.27 bits per heavy atom. The molecule has 1 atom stereocenters. The fraction of sp³-hybridized carbons (Fsp3) is 0.529. The van der Waals surface area contributed by atoms with Crippen LogP contribution in [-0.2, 0) is 24.2 Å². The van der Waals surface area contributed by atoms with Gasteiger partial charge < -0.3 is 10.1 Å². The second-order valence-corrected chi connectivity index (χ2v) is 8.75. The molecule has 9 heteroatoms. The van der Waals surface area contributed by atoms with E-state index < -0.39 is 33.5 Å². The van der Waals surface area contributed by atoms with Gasteiger partial charge in [0, 0.05) is 7.05 Å². The normalized spacial score (nSPS) is 13.0. The highest BCUT2D eigenvalue weighted by molar-refractivity contribution is 7.91. The van der Waals surface area contributed by atoms with E-state index in [0.717, 1.165) is 5.06 Å². The maximum Gasteiger partial charge on any atom is 0.408 e. The lowest BCUT2D eigenvalue weighted by molar-refractivity contribution is -0.171. The third-order valence-electron chi connectivity index (χ3n) is 3.35. The van der Waals surface area contributed by atoms with Gasteiger partial charge in [-0.25, -0.2) is 18.3 Å². The van der Waals surface area contributed by atoms with Gasteiger partial charge in [0.25, 0.3) is 5.91 Å². The fourth-order valence-electron chi connectivity index (χ4n) is 2.04. The number of carbonyl (C=O) groups is 2. The first-order chi connectivity index (χ1) is 12.0. The number of alkyl carbamates (subject to hydrolysis) is 1. The first-order valence-electron chi connectivity index (χ1n) is 8.05. The number of likely N-dealkylation sites (N-methyl/N-ethyl adjacent to an activating group) is 1. The number of nitrogens with one attached hydrogen (secondary N) is 1. The van der Waals surface area contributed by atoms with Crippen LogP contribution in [0, 0.1) is 0 Å². The molecule has 0 saturated carbocycles. The van der Waals surface area contributed by atoms with Crippen molar-refractivity contribution in [2.24, 2.45) is 0 Å². The summed E-state index contributed by atoms with van der Waals surface area (Å²) in [6.45, 7) is 5.06. The van der Waals surface area contributed by atoms with E-state index in [1.165, 1.54) is 26.3 Å². The molecule has 1 N–H and O–H groups in total. The molecule has 2 amide bonds. The summed E-state index contributed by atoms with van der Waals surface area (Å²) in [5, 5.41) is 3.34. The van der Waals surface area contributed by atoms with Gasteiger partial charge in [0.05, 0.1) is 17.8 Å². The highest BCUT2D eigenvalue weighted by Crippen LogP contribution is 2.13. The highest BCUT2D eigenvalue weighted by Gasteiger charge is 2.29. The van der Waals surface area contributed by atoms with E-state index in [4.69, 9.17) is 9.57 Å². The van der Waals surface area contributed by atoms with Gasteiger partial charge in [0.1, 0.15) is 11.6 Å². The number of rotatable bonds is 7. The molecule has 0 bridgehead atoms. The van der Waals surface area contributed by atoms with E-state index in [1.807, 2.05) is 0 Å². The molecule has 0 heterocycles. The molecule has 0 saturated heterocycles. The van der Waals surface area contributed by atoms with Gasteiger partial charge in [-0.1, -0.05) is 18.2 Å². The van der Waals surface area contributed by atoms with Crippen LogP contribution < -0.4 is 5.32 Å². The summed E-state index contributed by atoms with van der Waals surface area (Å²) >= 11 is 0. The lowest BCUT2D eigenvalue weighted by atomic mass is 10.2. The summed E-state index contributed by atoms with van der Waals surface area (Å²) < 4.78 is 30.0. The minimum Gasteiger partial charge on any atom is -0.444 e. The Morgan fingerprint density at radius 1 is 1.19 bits per heavy atom. The number of hydrogen-bond donors (Lipinski definition) is 1. The van der Waals surface area contributed by atoms with Crippen LogP contribution >= 0.6 is 0 Å². The predicted molar refractivity (Wildman–Crippen MR) is 96.0 cm³/mol. The van der Waals surface area contributed by atoms with Crippen molar-refractivity contribution in [3.8, 4) is 0 Å². The van der Waals surface area contributed by atoms with Gasteiger partial charge in [-0.15, -0.1) is 0 Å². The Hall–Kier alpha value is -2.13. The van der Waals surface area contributed by atoms with Crippen molar-refractivity contribution < 1.29 is 27.6 Å². The van der Waals surface area contributed by atoms with E-state index in [1.54, 1.807) is 39.0 Å². The Balaban J connectivity index is 2.89. The van der Waals surface area contributed by atoms with Crippen LogP contribution in [0.15, 0.2) is 35.2 Å². The smallest absolute Gasteiger partial charge is 0.408 e. The number of nitrogens with zero attached hydrogens (tertiary/aromatic N) is 1. The van der Waals surface area contributed by atoms with Gasteiger partial charge in [-0.3, -0.25) is 9.63 Å². The molecule has 0 radical (unpaired) electrons. The maximum atomic E-state index is 12.4. The first kappa shape index (κ1) is 21.9. The number of amides is 2. The Bertz CT molecular complexity index is 713. The topological polar surface area (TPSA) is 102 Å². The van der Waals surface area contributed by atoms with Crippen molar-refractivity contribution in [3.05, 3.63) is 30.3 Å². The lowest BCUT2D eigenvalue weighted by Crippen LogP contribution is -2.49. The van der Waals surface area contributed by atoms with E-state index in [2.05, 4.69) is 5.32 Å². The molecule has 0 spiro atoms. The zero-order valence-corrected chi connectivity index (χ0v) is 16.5. The van der Waals surface area contributed by atoms with Crippen molar-refractivity contribution in [2.75, 3.05) is 19.9 Å². The Kier molecular flexibility index (Phi) is 7.58. The molecule has 1 aromatic carbocycles. The summed E-state index contributed by atoms with van der Waals surface area (Å²) in [6, 6.07) is 6.81. The first-order valence-corrected chi connectivity index (χ1v) is 9.70. The molecular weight excluding hydrogens is 360 g/mol. The molecule has 0 fully saturated rings. The molecule has 26 heavy (non-hydrogen) atoms. The standard InChI is InChI=1S/C17H26N2O6S/c1-17(2,3)25-16(21)18-14(15(20)19(4)24-5)11-12-26(22,23)13-9-7-6-8-10-13/h6-10,14H,11-12H2,1-5H3,(H,18,21). The SMILES string of the molecule is CON(C)C(=O)C(CCS(=O)(=O)c1ccccc1)NC(=O)OC(C)(C)C. The summed E-state index contributed by atoms with van der Waals surface area (Å²) in [5.74, 6) is -0.901. The van der Waals surface area contributed by atoms with Gasteiger partial charge in [-0.2, -0.15) is 0 Å². The largest absolute Gasteiger partial charge is 0.444 e. The van der Waals surface area contributed by atoms with Crippen molar-refractivity contribution in [3.63, 3.8) is 0 Å². The molecule has 1 unspecified atom stereocenters. The van der Waals surface area contributed by atoms with Crippen LogP contribution in [0.2, 0.25) is 0 Å². The van der Waals surface area contributed by atoms with Crippen LogP contribution in [0.3, 0.4) is 0 Å². The average molecular weight is 386 g/mol. The Morgan fingerprint density at radius 2 is 1.77 bits per heavy atom. The zero-order valence-electron chi connectivity index (χ0n) is 15.7. The summed E-state index contributed by atoms with van der Waals surface area (Å²) in [4.78, 5) is 29.3. The predicted octanol–water partition coefficient (Wildman–Crippen LogP) is 1.76. The fourth-order valence-corrected chi connectivity index (χ4v) is 3.39. The van der Waals surface area contributed by atoms with E-state index in [9.17, 15) is 18.0 Å². The van der Waals surface area contributed by atoms with Gasteiger partial charge in [0.15, 0.2) is 9.84 Å². The van der Waals surface area contributed by atoms with Crippen LogP contribution in [-0.4, -0.2) is 57.0 Å². The number of benzene rings is 1. The van der Waals surface area contributed by atoms with Crippen LogP contribution in [0.25, 0.3) is 0 Å². The summed E-state index contributed by atoms with van der Waals surface area (Å²) in [6.07, 6.45) is -0.930. The van der Waals surface area contributed by atoms with Crippen molar-refractivity contribution >= 4 is 21.8 Å². The molecule has 0 aliphatic rings. The summed E-state index contributed by atoms with van der Waals surface area (Å²) in [5.41, 5.74) is -0.749. The van der Waals surface area contributed by atoms with E-state index in [-0.39, 0.29) is 17.1 Å². The number of ether oxygens (including phenoxy) is 1. The molecule has 0 aliphatic carbocycles.